The van der Waals surface area contributed by atoms with E-state index in [9.17, 15) is 13.2 Å². The molecule has 29 heavy (non-hydrogen) atoms. The monoisotopic (exact) mass is 475 g/mol. The molecule has 1 amide bonds. The van der Waals surface area contributed by atoms with E-state index in [-0.39, 0.29) is 5.91 Å². The maximum absolute atomic E-state index is 13.0. The molecule has 1 fully saturated rings. The summed E-state index contributed by atoms with van der Waals surface area (Å²) in [5.74, 6) is -0.210. The zero-order valence-corrected chi connectivity index (χ0v) is 18.7. The van der Waals surface area contributed by atoms with E-state index in [0.29, 0.717) is 36.5 Å². The van der Waals surface area contributed by atoms with Crippen LogP contribution < -0.4 is 5.32 Å². The molecule has 0 aliphatic carbocycles. The lowest BCUT2D eigenvalue weighted by molar-refractivity contribution is -0.115. The van der Waals surface area contributed by atoms with Crippen molar-refractivity contribution in [1.29, 1.82) is 0 Å². The molecule has 0 aromatic heterocycles. The van der Waals surface area contributed by atoms with Gasteiger partial charge in [0.1, 0.15) is 11.4 Å². The molecule has 0 atom stereocenters. The molecular formula is C21H22BrN3O3S. The molecule has 0 saturated carbocycles. The smallest absolute Gasteiger partial charge is 0.272 e. The van der Waals surface area contributed by atoms with E-state index >= 15 is 0 Å². The van der Waals surface area contributed by atoms with Crippen LogP contribution in [0.25, 0.3) is 0 Å². The number of sulfonamides is 1. The number of aryl methyl sites for hydroxylation is 2. The maximum atomic E-state index is 13.0. The first kappa shape index (κ1) is 20.3. The molecule has 152 valence electrons. The predicted octanol–water partition coefficient (Wildman–Crippen LogP) is 3.17. The van der Waals surface area contributed by atoms with Gasteiger partial charge in [-0.3, -0.25) is 9.79 Å². The molecule has 2 heterocycles. The number of halogens is 1. The Morgan fingerprint density at radius 1 is 1.03 bits per heavy atom. The van der Waals surface area contributed by atoms with Crippen LogP contribution in [0, 0.1) is 13.8 Å². The number of hydrogen-bond donors (Lipinski definition) is 1. The Kier molecular flexibility index (Phi) is 5.13. The Bertz CT molecular complexity index is 1100. The topological polar surface area (TPSA) is 78.8 Å². The van der Waals surface area contributed by atoms with Gasteiger partial charge in [-0.05, 0) is 49.2 Å². The highest BCUT2D eigenvalue weighted by molar-refractivity contribution is 9.10. The number of hydrogen-bond acceptors (Lipinski definition) is 4. The lowest BCUT2D eigenvalue weighted by atomic mass is 10.00. The third kappa shape index (κ3) is 3.76. The van der Waals surface area contributed by atoms with Gasteiger partial charge in [0.25, 0.3) is 5.91 Å². The van der Waals surface area contributed by atoms with Gasteiger partial charge in [0.2, 0.25) is 10.0 Å². The molecule has 1 spiro atoms. The van der Waals surface area contributed by atoms with E-state index in [4.69, 9.17) is 4.99 Å². The second-order valence-corrected chi connectivity index (χ2v) is 10.5. The Morgan fingerprint density at radius 2 is 1.69 bits per heavy atom. The molecule has 6 nitrogen and oxygen atoms in total. The highest BCUT2D eigenvalue weighted by Crippen LogP contribution is 2.32. The highest BCUT2D eigenvalue weighted by Gasteiger charge is 2.44. The second-order valence-electron chi connectivity index (χ2n) is 7.60. The Morgan fingerprint density at radius 3 is 2.31 bits per heavy atom. The summed E-state index contributed by atoms with van der Waals surface area (Å²) in [7, 11) is -3.56. The number of benzene rings is 2. The van der Waals surface area contributed by atoms with E-state index in [1.165, 1.54) is 4.31 Å². The van der Waals surface area contributed by atoms with Crippen molar-refractivity contribution in [3.05, 3.63) is 63.6 Å². The molecule has 2 aromatic carbocycles. The summed E-state index contributed by atoms with van der Waals surface area (Å²) >= 11 is 3.39. The third-order valence-corrected chi connectivity index (χ3v) is 8.09. The number of carbonyl (C=O) groups is 1. The molecule has 1 N–H and O–H groups in total. The summed E-state index contributed by atoms with van der Waals surface area (Å²) < 4.78 is 28.5. The SMILES string of the molecule is Cc1ccc(S(=O)(=O)N2CCC3(CC2)N=C(c2ccc(Br)cc2)C(=O)N3)cc1C. The number of carbonyl (C=O) groups excluding carboxylic acids is 1. The van der Waals surface area contributed by atoms with Crippen molar-refractivity contribution in [2.45, 2.75) is 37.2 Å². The van der Waals surface area contributed by atoms with Crippen LogP contribution in [0.2, 0.25) is 0 Å². The summed E-state index contributed by atoms with van der Waals surface area (Å²) in [5.41, 5.74) is 2.45. The first-order chi connectivity index (χ1) is 13.7. The van der Waals surface area contributed by atoms with Gasteiger partial charge < -0.3 is 5.32 Å². The van der Waals surface area contributed by atoms with Crippen molar-refractivity contribution < 1.29 is 13.2 Å². The van der Waals surface area contributed by atoms with Crippen LogP contribution in [-0.4, -0.2) is 43.1 Å². The number of piperidine rings is 1. The summed E-state index contributed by atoms with van der Waals surface area (Å²) in [6.07, 6.45) is 0.895. The first-order valence-electron chi connectivity index (χ1n) is 9.46. The Labute approximate surface area is 179 Å². The van der Waals surface area contributed by atoms with Crippen LogP contribution in [0.15, 0.2) is 56.8 Å². The molecule has 8 heteroatoms. The van der Waals surface area contributed by atoms with E-state index in [1.54, 1.807) is 12.1 Å². The number of rotatable bonds is 3. The van der Waals surface area contributed by atoms with Crippen LogP contribution in [0.3, 0.4) is 0 Å². The average molecular weight is 476 g/mol. The second kappa shape index (κ2) is 7.34. The van der Waals surface area contributed by atoms with Gasteiger partial charge in [0.05, 0.1) is 4.90 Å². The van der Waals surface area contributed by atoms with Crippen LogP contribution in [0.5, 0.6) is 0 Å². The normalized spacial score (nSPS) is 19.3. The Hall–Kier alpha value is -2.03. The fraction of sp³-hybridized carbons (Fsp3) is 0.333. The van der Waals surface area contributed by atoms with Gasteiger partial charge in [0, 0.05) is 36.0 Å². The zero-order chi connectivity index (χ0) is 20.8. The number of nitrogens with zero attached hydrogens (tertiary/aromatic N) is 2. The van der Waals surface area contributed by atoms with E-state index < -0.39 is 15.7 Å². The number of aliphatic imine (C=N–C) groups is 1. The lowest BCUT2D eigenvalue weighted by Crippen LogP contribution is -2.52. The molecule has 2 aromatic rings. The fourth-order valence-corrected chi connectivity index (χ4v) is 5.51. The fourth-order valence-electron chi connectivity index (χ4n) is 3.72. The molecule has 1 saturated heterocycles. The van der Waals surface area contributed by atoms with Gasteiger partial charge in [-0.15, -0.1) is 0 Å². The van der Waals surface area contributed by atoms with Gasteiger partial charge in [0.15, 0.2) is 0 Å². The summed E-state index contributed by atoms with van der Waals surface area (Å²) in [4.78, 5) is 17.5. The third-order valence-electron chi connectivity index (χ3n) is 5.67. The minimum atomic E-state index is -3.56. The summed E-state index contributed by atoms with van der Waals surface area (Å²) in [5, 5.41) is 2.98. The molecule has 2 aliphatic rings. The van der Waals surface area contributed by atoms with E-state index in [0.717, 1.165) is 21.2 Å². The molecule has 0 bridgehead atoms. The highest BCUT2D eigenvalue weighted by atomic mass is 79.9. The van der Waals surface area contributed by atoms with Gasteiger partial charge in [-0.1, -0.05) is 34.1 Å². The van der Waals surface area contributed by atoms with Crippen molar-refractivity contribution in [2.24, 2.45) is 4.99 Å². The van der Waals surface area contributed by atoms with Crippen molar-refractivity contribution in [1.82, 2.24) is 9.62 Å². The molecular weight excluding hydrogens is 454 g/mol. The van der Waals surface area contributed by atoms with E-state index in [2.05, 4.69) is 21.2 Å². The Balaban J connectivity index is 1.53. The van der Waals surface area contributed by atoms with Crippen molar-refractivity contribution in [2.75, 3.05) is 13.1 Å². The van der Waals surface area contributed by atoms with Crippen LogP contribution in [0.1, 0.15) is 29.5 Å². The van der Waals surface area contributed by atoms with Crippen LogP contribution in [0.4, 0.5) is 0 Å². The molecule has 0 unspecified atom stereocenters. The zero-order valence-electron chi connectivity index (χ0n) is 16.3. The van der Waals surface area contributed by atoms with Crippen molar-refractivity contribution in [3.63, 3.8) is 0 Å². The lowest BCUT2D eigenvalue weighted by Gasteiger charge is -2.36. The minimum absolute atomic E-state index is 0.210. The van der Waals surface area contributed by atoms with Gasteiger partial charge in [-0.2, -0.15) is 4.31 Å². The standard InChI is InChI=1S/C21H22BrN3O3S/c1-14-3-8-18(13-15(14)2)29(27,28)25-11-9-21(10-12-25)23-19(20(26)24-21)16-4-6-17(22)7-5-16/h3-8,13H,9-12H2,1-2H3,(H,24,26). The van der Waals surface area contributed by atoms with Gasteiger partial charge >= 0.3 is 0 Å². The number of amides is 1. The maximum Gasteiger partial charge on any atom is 0.272 e. The van der Waals surface area contributed by atoms with Gasteiger partial charge in [-0.25, -0.2) is 8.42 Å². The predicted molar refractivity (Wildman–Crippen MR) is 115 cm³/mol. The van der Waals surface area contributed by atoms with Crippen LogP contribution in [-0.2, 0) is 14.8 Å². The molecule has 0 radical (unpaired) electrons. The van der Waals surface area contributed by atoms with E-state index in [1.807, 2.05) is 44.2 Å². The van der Waals surface area contributed by atoms with Crippen molar-refractivity contribution in [3.8, 4) is 0 Å². The van der Waals surface area contributed by atoms with Crippen LogP contribution >= 0.6 is 15.9 Å². The summed E-state index contributed by atoms with van der Waals surface area (Å²) in [6.45, 7) is 4.49. The largest absolute Gasteiger partial charge is 0.326 e. The average Bonchev–Trinajstić information content (AvgIpc) is 3.00. The minimum Gasteiger partial charge on any atom is -0.326 e. The number of nitrogens with one attached hydrogen (secondary N) is 1. The van der Waals surface area contributed by atoms with Crippen molar-refractivity contribution >= 4 is 37.6 Å². The molecule has 4 rings (SSSR count). The quantitative estimate of drug-likeness (QED) is 0.740. The molecule has 2 aliphatic heterocycles. The first-order valence-corrected chi connectivity index (χ1v) is 11.7. The summed E-state index contributed by atoms with van der Waals surface area (Å²) in [6, 6.07) is 12.6.